The smallest absolute Gasteiger partial charge is 0.191 e. The molecule has 1 atom stereocenters. The molecule has 0 radical (unpaired) electrons. The molecule has 26 heavy (non-hydrogen) atoms. The molecule has 1 heterocycles. The highest BCUT2D eigenvalue weighted by Crippen LogP contribution is 2.19. The summed E-state index contributed by atoms with van der Waals surface area (Å²) >= 11 is 12.1. The van der Waals surface area contributed by atoms with Crippen molar-refractivity contribution < 1.29 is 0 Å². The lowest BCUT2D eigenvalue weighted by atomic mass is 10.1. The number of nitrogens with zero attached hydrogens (tertiary/aromatic N) is 3. The maximum atomic E-state index is 6.04. The first-order valence-electron chi connectivity index (χ1n) is 8.71. The first kappa shape index (κ1) is 20.6. The Morgan fingerprint density at radius 3 is 2.42 bits per heavy atom. The van der Waals surface area contributed by atoms with Gasteiger partial charge in [-0.05, 0) is 62.9 Å². The van der Waals surface area contributed by atoms with Gasteiger partial charge in [0.25, 0.3) is 0 Å². The van der Waals surface area contributed by atoms with E-state index in [0.717, 1.165) is 36.6 Å². The summed E-state index contributed by atoms with van der Waals surface area (Å²) in [4.78, 5) is 4.31. The standard InChI is InChI=1S/C19H27Cl2N5/c1-12(8-18-13(2)25-26(5)14(18)3)24-19(22-4)23-7-6-15-9-16(20)11-17(21)10-15/h9-12H,6-8H2,1-5H3,(H2,22,23,24). The second-order valence-corrected chi connectivity index (χ2v) is 7.42. The summed E-state index contributed by atoms with van der Waals surface area (Å²) in [7, 11) is 3.76. The van der Waals surface area contributed by atoms with E-state index in [1.54, 1.807) is 13.1 Å². The lowest BCUT2D eigenvalue weighted by Crippen LogP contribution is -2.43. The number of benzene rings is 1. The van der Waals surface area contributed by atoms with E-state index < -0.39 is 0 Å². The van der Waals surface area contributed by atoms with Gasteiger partial charge in [-0.15, -0.1) is 0 Å². The van der Waals surface area contributed by atoms with Crippen molar-refractivity contribution in [2.24, 2.45) is 12.0 Å². The van der Waals surface area contributed by atoms with Gasteiger partial charge in [-0.2, -0.15) is 5.10 Å². The molecule has 1 unspecified atom stereocenters. The fourth-order valence-corrected chi connectivity index (χ4v) is 3.55. The van der Waals surface area contributed by atoms with E-state index >= 15 is 0 Å². The molecule has 7 heteroatoms. The molecule has 2 rings (SSSR count). The molecule has 0 amide bonds. The fraction of sp³-hybridized carbons (Fsp3) is 0.474. The van der Waals surface area contributed by atoms with E-state index in [0.29, 0.717) is 10.0 Å². The number of aliphatic imine (C=N–C) groups is 1. The summed E-state index contributed by atoms with van der Waals surface area (Å²) < 4.78 is 1.93. The molecule has 0 spiro atoms. The highest BCUT2D eigenvalue weighted by atomic mass is 35.5. The van der Waals surface area contributed by atoms with Gasteiger partial charge in [0.1, 0.15) is 0 Å². The minimum atomic E-state index is 0.239. The predicted octanol–water partition coefficient (Wildman–Crippen LogP) is 3.68. The number of halogens is 2. The van der Waals surface area contributed by atoms with E-state index in [1.165, 1.54) is 11.3 Å². The summed E-state index contributed by atoms with van der Waals surface area (Å²) in [5.74, 6) is 0.782. The SMILES string of the molecule is CN=C(NCCc1cc(Cl)cc(Cl)c1)NC(C)Cc1c(C)nn(C)c1C. The summed E-state index contributed by atoms with van der Waals surface area (Å²) in [6, 6.07) is 5.84. The van der Waals surface area contributed by atoms with Crippen LogP contribution in [-0.4, -0.2) is 35.4 Å². The first-order valence-corrected chi connectivity index (χ1v) is 9.47. The predicted molar refractivity (Wildman–Crippen MR) is 111 cm³/mol. The van der Waals surface area contributed by atoms with Crippen LogP contribution < -0.4 is 10.6 Å². The molecule has 1 aromatic carbocycles. The summed E-state index contributed by atoms with van der Waals surface area (Å²) in [6.07, 6.45) is 1.71. The van der Waals surface area contributed by atoms with Crippen molar-refractivity contribution >= 4 is 29.2 Å². The molecule has 0 aliphatic carbocycles. The van der Waals surface area contributed by atoms with Crippen LogP contribution in [0.15, 0.2) is 23.2 Å². The number of guanidine groups is 1. The molecule has 0 fully saturated rings. The zero-order valence-electron chi connectivity index (χ0n) is 16.0. The quantitative estimate of drug-likeness (QED) is 0.579. The Morgan fingerprint density at radius 2 is 1.88 bits per heavy atom. The van der Waals surface area contributed by atoms with Crippen LogP contribution in [0, 0.1) is 13.8 Å². The van der Waals surface area contributed by atoms with Gasteiger partial charge < -0.3 is 10.6 Å². The van der Waals surface area contributed by atoms with Crippen molar-refractivity contribution in [3.8, 4) is 0 Å². The maximum absolute atomic E-state index is 6.04. The first-order chi connectivity index (χ1) is 12.3. The third-order valence-corrected chi connectivity index (χ3v) is 4.84. The Morgan fingerprint density at radius 1 is 1.23 bits per heavy atom. The number of hydrogen-bond acceptors (Lipinski definition) is 2. The summed E-state index contributed by atoms with van der Waals surface area (Å²) in [5.41, 5.74) is 4.67. The number of nitrogens with one attached hydrogen (secondary N) is 2. The molecule has 2 aromatic rings. The Kier molecular flexibility index (Phi) is 7.35. The van der Waals surface area contributed by atoms with E-state index in [2.05, 4.69) is 41.5 Å². The van der Waals surface area contributed by atoms with E-state index in [-0.39, 0.29) is 6.04 Å². The Hall–Kier alpha value is -1.72. The van der Waals surface area contributed by atoms with Crippen molar-refractivity contribution in [3.63, 3.8) is 0 Å². The molecule has 0 aliphatic rings. The second kappa shape index (κ2) is 9.28. The van der Waals surface area contributed by atoms with Crippen molar-refractivity contribution in [2.45, 2.75) is 39.7 Å². The van der Waals surface area contributed by atoms with Crippen LogP contribution in [-0.2, 0) is 19.9 Å². The van der Waals surface area contributed by atoms with Crippen LogP contribution in [0.3, 0.4) is 0 Å². The van der Waals surface area contributed by atoms with E-state index in [9.17, 15) is 0 Å². The molecule has 1 aromatic heterocycles. The van der Waals surface area contributed by atoms with Crippen molar-refractivity contribution in [3.05, 3.63) is 50.8 Å². The molecule has 0 aliphatic heterocycles. The van der Waals surface area contributed by atoms with Gasteiger partial charge in [0, 0.05) is 42.4 Å². The van der Waals surface area contributed by atoms with Crippen molar-refractivity contribution in [1.29, 1.82) is 0 Å². The van der Waals surface area contributed by atoms with Crippen LogP contribution in [0.1, 0.15) is 29.4 Å². The largest absolute Gasteiger partial charge is 0.356 e. The average molecular weight is 396 g/mol. The van der Waals surface area contributed by atoms with E-state index in [1.807, 2.05) is 23.9 Å². The Balaban J connectivity index is 1.86. The topological polar surface area (TPSA) is 54.2 Å². The minimum absolute atomic E-state index is 0.239. The van der Waals surface area contributed by atoms with Gasteiger partial charge in [-0.1, -0.05) is 23.2 Å². The number of aryl methyl sites for hydroxylation is 2. The fourth-order valence-electron chi connectivity index (χ4n) is 2.98. The van der Waals surface area contributed by atoms with Gasteiger partial charge in [-0.3, -0.25) is 9.67 Å². The molecule has 142 valence electrons. The van der Waals surface area contributed by atoms with Crippen LogP contribution >= 0.6 is 23.2 Å². The number of hydrogen-bond donors (Lipinski definition) is 2. The zero-order valence-corrected chi connectivity index (χ0v) is 17.5. The lowest BCUT2D eigenvalue weighted by molar-refractivity contribution is 0.635. The van der Waals surface area contributed by atoms with Crippen LogP contribution in [0.5, 0.6) is 0 Å². The molecular weight excluding hydrogens is 369 g/mol. The molecule has 0 saturated carbocycles. The Bertz CT molecular complexity index is 762. The third-order valence-electron chi connectivity index (χ3n) is 4.40. The van der Waals surface area contributed by atoms with Gasteiger partial charge in [0.05, 0.1) is 5.69 Å². The van der Waals surface area contributed by atoms with Gasteiger partial charge in [0.15, 0.2) is 5.96 Å². The molecule has 5 nitrogen and oxygen atoms in total. The van der Waals surface area contributed by atoms with Gasteiger partial charge in [-0.25, -0.2) is 0 Å². The zero-order chi connectivity index (χ0) is 19.3. The average Bonchev–Trinajstić information content (AvgIpc) is 2.79. The minimum Gasteiger partial charge on any atom is -0.356 e. The van der Waals surface area contributed by atoms with Crippen LogP contribution in [0.2, 0.25) is 10.0 Å². The number of aromatic nitrogens is 2. The summed E-state index contributed by atoms with van der Waals surface area (Å²) in [6.45, 7) is 7.05. The van der Waals surface area contributed by atoms with Crippen molar-refractivity contribution in [1.82, 2.24) is 20.4 Å². The van der Waals surface area contributed by atoms with Gasteiger partial charge in [0.2, 0.25) is 0 Å². The molecule has 0 bridgehead atoms. The number of rotatable bonds is 6. The van der Waals surface area contributed by atoms with Crippen molar-refractivity contribution in [2.75, 3.05) is 13.6 Å². The van der Waals surface area contributed by atoms with E-state index in [4.69, 9.17) is 23.2 Å². The molecular formula is C19H27Cl2N5. The third kappa shape index (κ3) is 5.64. The van der Waals surface area contributed by atoms with Gasteiger partial charge >= 0.3 is 0 Å². The molecule has 0 saturated heterocycles. The highest BCUT2D eigenvalue weighted by molar-refractivity contribution is 6.34. The normalized spacial score (nSPS) is 13.0. The summed E-state index contributed by atoms with van der Waals surface area (Å²) in [5, 5.41) is 12.6. The lowest BCUT2D eigenvalue weighted by Gasteiger charge is -2.18. The highest BCUT2D eigenvalue weighted by Gasteiger charge is 2.14. The Labute approximate surface area is 165 Å². The monoisotopic (exact) mass is 395 g/mol. The van der Waals surface area contributed by atoms with Crippen LogP contribution in [0.4, 0.5) is 0 Å². The maximum Gasteiger partial charge on any atom is 0.191 e. The second-order valence-electron chi connectivity index (χ2n) is 6.55. The van der Waals surface area contributed by atoms with Crippen LogP contribution in [0.25, 0.3) is 0 Å². The molecule has 2 N–H and O–H groups in total.